The zero-order valence-electron chi connectivity index (χ0n) is 18.7. The molecule has 1 saturated heterocycles. The maximum absolute atomic E-state index is 14.1. The lowest BCUT2D eigenvalue weighted by Crippen LogP contribution is -2.60. The molecule has 2 aromatic rings. The molecular formula is C22H21ClF6N4O3. The molecule has 0 aliphatic carbocycles. The van der Waals surface area contributed by atoms with Crippen molar-refractivity contribution in [1.29, 1.82) is 0 Å². The maximum Gasteiger partial charge on any atom is 0.458 e. The summed E-state index contributed by atoms with van der Waals surface area (Å²) in [5, 5.41) is 2.75. The van der Waals surface area contributed by atoms with E-state index in [4.69, 9.17) is 16.3 Å². The van der Waals surface area contributed by atoms with Crippen LogP contribution in [0.4, 0.5) is 32.0 Å². The van der Waals surface area contributed by atoms with Gasteiger partial charge in [-0.2, -0.15) is 22.0 Å². The molecule has 0 bridgehead atoms. The Balaban J connectivity index is 2.12. The van der Waals surface area contributed by atoms with Gasteiger partial charge in [-0.15, -0.1) is 0 Å². The average Bonchev–Trinajstić information content (AvgIpc) is 2.84. The van der Waals surface area contributed by atoms with Gasteiger partial charge in [-0.1, -0.05) is 23.7 Å². The molecule has 1 N–H and O–H groups in total. The van der Waals surface area contributed by atoms with Crippen molar-refractivity contribution >= 4 is 29.1 Å². The monoisotopic (exact) mass is 538 g/mol. The van der Waals surface area contributed by atoms with Gasteiger partial charge in [0.15, 0.2) is 5.54 Å². The number of aromatic nitrogens is 2. The molecular weight excluding hydrogens is 518 g/mol. The summed E-state index contributed by atoms with van der Waals surface area (Å²) in [5.74, 6) is -7.45. The van der Waals surface area contributed by atoms with E-state index in [9.17, 15) is 35.9 Å². The predicted molar refractivity (Wildman–Crippen MR) is 116 cm³/mol. The standard InChI is InChI=1S/C22H21ClF6N4O3/c1-20(14-10-30-12-31-11-14,19(35)32-15-6-8-36-9-7-15)33(18(34)17(23)24)16-4-2-13(3-5-16)21(25,26)22(27,28)29/h2-5,10-12,15,17H,6-9H2,1H3,(H,32,35)/t17-,20-/m0/s1. The van der Waals surface area contributed by atoms with E-state index < -0.39 is 40.6 Å². The molecule has 0 radical (unpaired) electrons. The Morgan fingerprint density at radius 2 is 1.61 bits per heavy atom. The third-order valence-corrected chi connectivity index (χ3v) is 6.01. The van der Waals surface area contributed by atoms with Crippen LogP contribution in [0.3, 0.4) is 0 Å². The number of nitrogens with zero attached hydrogens (tertiary/aromatic N) is 3. The summed E-state index contributed by atoms with van der Waals surface area (Å²) in [6, 6.07) is 2.00. The molecule has 2 amide bonds. The van der Waals surface area contributed by atoms with Gasteiger partial charge < -0.3 is 10.1 Å². The van der Waals surface area contributed by atoms with Crippen LogP contribution in [0.25, 0.3) is 0 Å². The van der Waals surface area contributed by atoms with Crippen LogP contribution in [0.2, 0.25) is 0 Å². The molecule has 1 fully saturated rings. The molecule has 1 aliphatic rings. The second kappa shape index (κ2) is 10.6. The number of amides is 2. The Hall–Kier alpha value is -2.93. The molecule has 0 unspecified atom stereocenters. The first kappa shape index (κ1) is 27.7. The molecule has 36 heavy (non-hydrogen) atoms. The number of alkyl halides is 7. The number of carbonyl (C=O) groups is 2. The van der Waals surface area contributed by atoms with Gasteiger partial charge in [0, 0.05) is 48.5 Å². The van der Waals surface area contributed by atoms with Crippen LogP contribution >= 0.6 is 11.6 Å². The fraction of sp³-hybridized carbons (Fsp3) is 0.455. The predicted octanol–water partition coefficient (Wildman–Crippen LogP) is 4.21. The van der Waals surface area contributed by atoms with Gasteiger partial charge in [0.25, 0.3) is 17.4 Å². The summed E-state index contributed by atoms with van der Waals surface area (Å²) in [4.78, 5) is 34.8. The number of carbonyl (C=O) groups excluding carboxylic acids is 2. The average molecular weight is 539 g/mol. The maximum atomic E-state index is 14.1. The van der Waals surface area contributed by atoms with E-state index in [1.54, 1.807) is 0 Å². The Kier molecular flexibility index (Phi) is 8.13. The van der Waals surface area contributed by atoms with E-state index in [1.807, 2.05) is 0 Å². The van der Waals surface area contributed by atoms with Crippen molar-refractivity contribution in [3.05, 3.63) is 54.1 Å². The number of benzene rings is 1. The quantitative estimate of drug-likeness (QED) is 0.422. The Bertz CT molecular complexity index is 1070. The Morgan fingerprint density at radius 3 is 2.11 bits per heavy atom. The molecule has 14 heteroatoms. The van der Waals surface area contributed by atoms with Crippen LogP contribution < -0.4 is 10.2 Å². The molecule has 3 rings (SSSR count). The van der Waals surface area contributed by atoms with Crippen LogP contribution in [-0.4, -0.2) is 52.8 Å². The van der Waals surface area contributed by atoms with Crippen LogP contribution in [0, 0.1) is 0 Å². The summed E-state index contributed by atoms with van der Waals surface area (Å²) in [5.41, 5.74) is -6.53. The molecule has 196 valence electrons. The summed E-state index contributed by atoms with van der Waals surface area (Å²) in [7, 11) is 0. The first-order valence-corrected chi connectivity index (χ1v) is 11.0. The van der Waals surface area contributed by atoms with Crippen molar-refractivity contribution in [3.8, 4) is 0 Å². The summed E-state index contributed by atoms with van der Waals surface area (Å²) >= 11 is 5.42. The highest BCUT2D eigenvalue weighted by Crippen LogP contribution is 2.44. The lowest BCUT2D eigenvalue weighted by molar-refractivity contribution is -0.289. The molecule has 2 atom stereocenters. The van der Waals surface area contributed by atoms with Crippen molar-refractivity contribution in [1.82, 2.24) is 15.3 Å². The third kappa shape index (κ3) is 5.41. The first-order chi connectivity index (χ1) is 16.8. The summed E-state index contributed by atoms with van der Waals surface area (Å²) < 4.78 is 85.4. The van der Waals surface area contributed by atoms with E-state index >= 15 is 0 Å². The van der Waals surface area contributed by atoms with Crippen molar-refractivity contribution in [2.75, 3.05) is 18.1 Å². The van der Waals surface area contributed by atoms with Gasteiger partial charge >= 0.3 is 12.1 Å². The normalized spacial score (nSPS) is 17.7. The number of rotatable bonds is 7. The second-order valence-corrected chi connectivity index (χ2v) is 8.54. The van der Waals surface area contributed by atoms with Gasteiger partial charge in [0.2, 0.25) is 0 Å². The van der Waals surface area contributed by atoms with Gasteiger partial charge in [0.1, 0.15) is 6.33 Å². The topological polar surface area (TPSA) is 84.4 Å². The van der Waals surface area contributed by atoms with Crippen molar-refractivity contribution < 1.29 is 40.7 Å². The minimum Gasteiger partial charge on any atom is -0.381 e. The largest absolute Gasteiger partial charge is 0.458 e. The highest BCUT2D eigenvalue weighted by Gasteiger charge is 2.58. The highest BCUT2D eigenvalue weighted by molar-refractivity contribution is 6.32. The lowest BCUT2D eigenvalue weighted by Gasteiger charge is -2.41. The molecule has 7 nitrogen and oxygen atoms in total. The van der Waals surface area contributed by atoms with Crippen LogP contribution in [0.1, 0.15) is 30.9 Å². The zero-order valence-corrected chi connectivity index (χ0v) is 19.5. The van der Waals surface area contributed by atoms with Gasteiger partial charge in [-0.25, -0.2) is 14.4 Å². The van der Waals surface area contributed by atoms with Crippen molar-refractivity contribution in [3.63, 3.8) is 0 Å². The number of ether oxygens (including phenoxy) is 1. The number of hydrogen-bond acceptors (Lipinski definition) is 5. The molecule has 1 aliphatic heterocycles. The minimum absolute atomic E-state index is 0.00456. The van der Waals surface area contributed by atoms with E-state index in [-0.39, 0.29) is 17.3 Å². The van der Waals surface area contributed by atoms with E-state index in [0.717, 1.165) is 18.5 Å². The van der Waals surface area contributed by atoms with Gasteiger partial charge in [-0.3, -0.25) is 14.5 Å². The minimum atomic E-state index is -5.87. The number of nitrogens with one attached hydrogen (secondary N) is 1. The fourth-order valence-corrected chi connectivity index (χ4v) is 3.86. The van der Waals surface area contributed by atoms with Crippen LogP contribution in [-0.2, 0) is 25.8 Å². The third-order valence-electron chi connectivity index (χ3n) is 5.82. The van der Waals surface area contributed by atoms with Gasteiger partial charge in [-0.05, 0) is 31.9 Å². The molecule has 2 heterocycles. The highest BCUT2D eigenvalue weighted by atomic mass is 35.5. The van der Waals surface area contributed by atoms with Crippen molar-refractivity contribution in [2.45, 2.75) is 49.1 Å². The molecule has 0 saturated carbocycles. The van der Waals surface area contributed by atoms with Gasteiger partial charge in [0.05, 0.1) is 0 Å². The Morgan fingerprint density at radius 1 is 1.06 bits per heavy atom. The number of anilines is 1. The molecule has 1 aromatic carbocycles. The number of hydrogen-bond donors (Lipinski definition) is 1. The van der Waals surface area contributed by atoms with Crippen LogP contribution in [0.15, 0.2) is 43.0 Å². The fourth-order valence-electron chi connectivity index (χ4n) is 3.77. The van der Waals surface area contributed by atoms with E-state index in [2.05, 4.69) is 15.3 Å². The Labute approximate surface area is 206 Å². The zero-order chi connectivity index (χ0) is 26.7. The number of halogens is 7. The second-order valence-electron chi connectivity index (χ2n) is 8.15. The summed E-state index contributed by atoms with van der Waals surface area (Å²) in [6.45, 7) is 1.96. The SMILES string of the molecule is C[C@@](C(=O)NC1CCOCC1)(c1cncnc1)N(C(=O)[C@H](F)Cl)c1ccc(C(F)(F)C(F)(F)F)cc1. The van der Waals surface area contributed by atoms with E-state index in [1.165, 1.54) is 19.3 Å². The van der Waals surface area contributed by atoms with Crippen LogP contribution in [0.5, 0.6) is 0 Å². The summed E-state index contributed by atoms with van der Waals surface area (Å²) in [6.07, 6.45) is -1.47. The smallest absolute Gasteiger partial charge is 0.381 e. The molecule has 1 aromatic heterocycles. The first-order valence-electron chi connectivity index (χ1n) is 10.6. The van der Waals surface area contributed by atoms with E-state index in [0.29, 0.717) is 43.1 Å². The lowest BCUT2D eigenvalue weighted by atomic mass is 9.89. The van der Waals surface area contributed by atoms with Crippen molar-refractivity contribution in [2.24, 2.45) is 0 Å². The molecule has 0 spiro atoms.